The molecule has 0 radical (unpaired) electrons. The third-order valence-corrected chi connectivity index (χ3v) is 5.83. The number of Topliss-reactive ketones (excluding diaryl/α,β-unsaturated/α-hetero) is 1. The maximum atomic E-state index is 13.2. The van der Waals surface area contributed by atoms with Gasteiger partial charge in [0.25, 0.3) is 0 Å². The summed E-state index contributed by atoms with van der Waals surface area (Å²) in [5.74, 6) is 0.479. The van der Waals surface area contributed by atoms with Crippen molar-refractivity contribution in [1.29, 1.82) is 0 Å². The van der Waals surface area contributed by atoms with Crippen LogP contribution >= 0.6 is 0 Å². The highest BCUT2D eigenvalue weighted by Gasteiger charge is 2.39. The third-order valence-electron chi connectivity index (χ3n) is 5.83. The molecule has 1 heterocycles. The normalized spacial score (nSPS) is 18.0. The van der Waals surface area contributed by atoms with Crippen molar-refractivity contribution in [1.82, 2.24) is 5.32 Å². The number of nitrogens with one attached hydrogen (secondary N) is 1. The van der Waals surface area contributed by atoms with Crippen molar-refractivity contribution < 1.29 is 23.8 Å². The number of ether oxygens (including phenoxy) is 3. The smallest absolute Gasteiger partial charge is 0.336 e. The van der Waals surface area contributed by atoms with Crippen LogP contribution in [0.2, 0.25) is 0 Å². The summed E-state index contributed by atoms with van der Waals surface area (Å²) in [6.45, 7) is 4.80. The van der Waals surface area contributed by atoms with Gasteiger partial charge in [0.15, 0.2) is 5.78 Å². The van der Waals surface area contributed by atoms with Crippen molar-refractivity contribution in [2.45, 2.75) is 39.0 Å². The highest BCUT2D eigenvalue weighted by atomic mass is 16.6. The van der Waals surface area contributed by atoms with Crippen LogP contribution in [0.5, 0.6) is 11.5 Å². The predicted molar refractivity (Wildman–Crippen MR) is 125 cm³/mol. The molecule has 0 unspecified atom stereocenters. The second kappa shape index (κ2) is 10.5. The van der Waals surface area contributed by atoms with E-state index in [-0.39, 0.29) is 12.4 Å². The largest absolute Gasteiger partial charge is 0.460 e. The molecule has 0 saturated carbocycles. The van der Waals surface area contributed by atoms with Gasteiger partial charge in [0.1, 0.15) is 18.1 Å². The zero-order chi connectivity index (χ0) is 23.2. The Bertz CT molecular complexity index is 1090. The predicted octanol–water partition coefficient (Wildman–Crippen LogP) is 5.03. The maximum Gasteiger partial charge on any atom is 0.336 e. The molecule has 0 saturated heterocycles. The standard InChI is InChI=1S/C27H29NO5/c1-3-31-15-16-32-27(30)24-18(2)28-22-13-8-14-23(29)26(22)25(24)19-9-7-12-21(17-19)33-20-10-5-4-6-11-20/h4-7,9-12,17,25,28H,3,8,13-16H2,1-2H3/t25-/m1/s1. The number of ketones is 1. The number of allylic oxidation sites excluding steroid dienone is 3. The van der Waals surface area contributed by atoms with E-state index >= 15 is 0 Å². The Hall–Kier alpha value is -3.38. The molecule has 2 aliphatic rings. The van der Waals surface area contributed by atoms with Crippen molar-refractivity contribution in [2.75, 3.05) is 19.8 Å². The Morgan fingerprint density at radius 1 is 1.03 bits per heavy atom. The van der Waals surface area contributed by atoms with E-state index in [1.807, 2.05) is 68.4 Å². The van der Waals surface area contributed by atoms with E-state index in [1.165, 1.54) is 0 Å². The lowest BCUT2D eigenvalue weighted by Gasteiger charge is -2.34. The molecule has 2 aromatic rings. The molecule has 6 nitrogen and oxygen atoms in total. The van der Waals surface area contributed by atoms with Crippen LogP contribution in [-0.2, 0) is 19.1 Å². The lowest BCUT2D eigenvalue weighted by Crippen LogP contribution is -2.34. The first-order valence-corrected chi connectivity index (χ1v) is 11.4. The first kappa shape index (κ1) is 22.8. The van der Waals surface area contributed by atoms with Gasteiger partial charge in [0, 0.05) is 35.9 Å². The summed E-state index contributed by atoms with van der Waals surface area (Å²) in [6, 6.07) is 17.1. The minimum Gasteiger partial charge on any atom is -0.460 e. The van der Waals surface area contributed by atoms with Gasteiger partial charge in [-0.05, 0) is 56.5 Å². The average molecular weight is 448 g/mol. The van der Waals surface area contributed by atoms with Crippen molar-refractivity contribution in [3.05, 3.63) is 82.7 Å². The quantitative estimate of drug-likeness (QED) is 0.452. The van der Waals surface area contributed by atoms with Crippen molar-refractivity contribution in [3.8, 4) is 11.5 Å². The molecule has 0 bridgehead atoms. The minimum absolute atomic E-state index is 0.0650. The van der Waals surface area contributed by atoms with Gasteiger partial charge in [-0.15, -0.1) is 0 Å². The lowest BCUT2D eigenvalue weighted by atomic mass is 9.75. The minimum atomic E-state index is -0.507. The lowest BCUT2D eigenvalue weighted by molar-refractivity contribution is -0.140. The summed E-state index contributed by atoms with van der Waals surface area (Å²) < 4.78 is 16.8. The van der Waals surface area contributed by atoms with Gasteiger partial charge >= 0.3 is 5.97 Å². The number of carbonyl (C=O) groups is 2. The van der Waals surface area contributed by atoms with E-state index < -0.39 is 11.9 Å². The van der Waals surface area contributed by atoms with Crippen LogP contribution in [0.3, 0.4) is 0 Å². The monoisotopic (exact) mass is 447 g/mol. The van der Waals surface area contributed by atoms with E-state index in [9.17, 15) is 9.59 Å². The van der Waals surface area contributed by atoms with E-state index in [1.54, 1.807) is 0 Å². The Balaban J connectivity index is 1.70. The topological polar surface area (TPSA) is 73.9 Å². The molecule has 33 heavy (non-hydrogen) atoms. The third kappa shape index (κ3) is 5.17. The highest BCUT2D eigenvalue weighted by Crippen LogP contribution is 2.43. The van der Waals surface area contributed by atoms with E-state index in [0.717, 1.165) is 29.9 Å². The molecular weight excluding hydrogens is 418 g/mol. The Morgan fingerprint density at radius 3 is 2.61 bits per heavy atom. The summed E-state index contributed by atoms with van der Waals surface area (Å²) in [4.78, 5) is 26.2. The van der Waals surface area contributed by atoms with Crippen molar-refractivity contribution in [3.63, 3.8) is 0 Å². The van der Waals surface area contributed by atoms with E-state index in [4.69, 9.17) is 14.2 Å². The zero-order valence-corrected chi connectivity index (χ0v) is 19.1. The molecule has 0 fully saturated rings. The van der Waals surface area contributed by atoms with Crippen LogP contribution in [0.4, 0.5) is 0 Å². The van der Waals surface area contributed by atoms with Crippen LogP contribution in [-0.4, -0.2) is 31.6 Å². The summed E-state index contributed by atoms with van der Waals surface area (Å²) in [7, 11) is 0. The number of esters is 1. The molecule has 0 amide bonds. The molecule has 1 aliphatic carbocycles. The van der Waals surface area contributed by atoms with Crippen LogP contribution in [0.1, 0.15) is 44.6 Å². The fraction of sp³-hybridized carbons (Fsp3) is 0.333. The molecule has 172 valence electrons. The summed E-state index contributed by atoms with van der Waals surface area (Å²) in [6.07, 6.45) is 2.06. The molecule has 1 aliphatic heterocycles. The summed E-state index contributed by atoms with van der Waals surface area (Å²) in [5, 5.41) is 3.31. The fourth-order valence-corrected chi connectivity index (χ4v) is 4.38. The van der Waals surface area contributed by atoms with Gasteiger partial charge in [0.05, 0.1) is 12.2 Å². The van der Waals surface area contributed by atoms with Gasteiger partial charge in [0.2, 0.25) is 0 Å². The molecule has 0 spiro atoms. The van der Waals surface area contributed by atoms with Gasteiger partial charge in [-0.2, -0.15) is 0 Å². The first-order chi connectivity index (χ1) is 16.1. The average Bonchev–Trinajstić information content (AvgIpc) is 2.82. The molecule has 2 aromatic carbocycles. The number of para-hydroxylation sites is 1. The zero-order valence-electron chi connectivity index (χ0n) is 19.1. The number of carbonyl (C=O) groups excluding carboxylic acids is 2. The number of rotatable bonds is 8. The van der Waals surface area contributed by atoms with Crippen LogP contribution in [0.25, 0.3) is 0 Å². The van der Waals surface area contributed by atoms with Crippen LogP contribution < -0.4 is 10.1 Å². The number of dihydropyridines is 1. The molecule has 1 N–H and O–H groups in total. The van der Waals surface area contributed by atoms with Crippen molar-refractivity contribution >= 4 is 11.8 Å². The Kier molecular flexibility index (Phi) is 7.25. The second-order valence-corrected chi connectivity index (χ2v) is 8.09. The maximum absolute atomic E-state index is 13.2. The number of benzene rings is 2. The molecule has 4 rings (SSSR count). The van der Waals surface area contributed by atoms with Crippen LogP contribution in [0, 0.1) is 0 Å². The molecular formula is C27H29NO5. The van der Waals surface area contributed by atoms with Gasteiger partial charge in [-0.3, -0.25) is 4.79 Å². The second-order valence-electron chi connectivity index (χ2n) is 8.09. The first-order valence-electron chi connectivity index (χ1n) is 11.4. The van der Waals surface area contributed by atoms with Gasteiger partial charge in [-0.1, -0.05) is 30.3 Å². The fourth-order valence-electron chi connectivity index (χ4n) is 4.38. The van der Waals surface area contributed by atoms with E-state index in [0.29, 0.717) is 42.2 Å². The molecule has 0 aromatic heterocycles. The summed E-state index contributed by atoms with van der Waals surface area (Å²) >= 11 is 0. The van der Waals surface area contributed by atoms with Gasteiger partial charge < -0.3 is 19.5 Å². The summed E-state index contributed by atoms with van der Waals surface area (Å²) in [5.41, 5.74) is 3.54. The molecule has 1 atom stereocenters. The van der Waals surface area contributed by atoms with Crippen LogP contribution in [0.15, 0.2) is 77.1 Å². The molecule has 6 heteroatoms. The number of hydrogen-bond acceptors (Lipinski definition) is 6. The van der Waals surface area contributed by atoms with Crippen molar-refractivity contribution in [2.24, 2.45) is 0 Å². The Morgan fingerprint density at radius 2 is 1.82 bits per heavy atom. The Labute approximate surface area is 194 Å². The SMILES string of the molecule is CCOCCOC(=O)C1=C(C)NC2=C(C(=O)CCC2)[C@@H]1c1cccc(Oc2ccccc2)c1. The van der Waals surface area contributed by atoms with E-state index in [2.05, 4.69) is 5.32 Å². The van der Waals surface area contributed by atoms with Gasteiger partial charge in [-0.25, -0.2) is 4.79 Å². The number of hydrogen-bond donors (Lipinski definition) is 1. The highest BCUT2D eigenvalue weighted by molar-refractivity contribution is 6.03.